The number of carbonyl (C=O) groups excluding carboxylic acids is 1. The molecule has 3 rings (SSSR count). The molecule has 0 bridgehead atoms. The van der Waals surface area contributed by atoms with Gasteiger partial charge in [-0.2, -0.15) is 5.10 Å². The summed E-state index contributed by atoms with van der Waals surface area (Å²) in [7, 11) is 0. The zero-order valence-corrected chi connectivity index (χ0v) is 12.4. The zero-order valence-electron chi connectivity index (χ0n) is 10.8. The maximum absolute atomic E-state index is 11.9. The van der Waals surface area contributed by atoms with Crippen LogP contribution in [0.2, 0.25) is 4.34 Å². The molecule has 0 atom stereocenters. The molecule has 5 nitrogen and oxygen atoms in total. The van der Waals surface area contributed by atoms with Crippen LogP contribution in [-0.2, 0) is 11.2 Å². The summed E-state index contributed by atoms with van der Waals surface area (Å²) >= 11 is 7.35. The van der Waals surface area contributed by atoms with Crippen LogP contribution >= 0.6 is 22.9 Å². The van der Waals surface area contributed by atoms with Gasteiger partial charge in [0.1, 0.15) is 0 Å². The van der Waals surface area contributed by atoms with Crippen molar-refractivity contribution in [3.05, 3.63) is 52.6 Å². The highest BCUT2D eigenvalue weighted by Crippen LogP contribution is 2.30. The van der Waals surface area contributed by atoms with Crippen molar-refractivity contribution in [2.24, 2.45) is 0 Å². The summed E-state index contributed by atoms with van der Waals surface area (Å²) in [5.41, 5.74) is 1.68. The number of nitrogens with one attached hydrogen (secondary N) is 2. The van der Waals surface area contributed by atoms with Crippen LogP contribution in [-0.4, -0.2) is 21.1 Å². The third-order valence-electron chi connectivity index (χ3n) is 2.77. The predicted octanol–water partition coefficient (Wildman–Crippen LogP) is 3.37. The van der Waals surface area contributed by atoms with Gasteiger partial charge < -0.3 is 5.32 Å². The summed E-state index contributed by atoms with van der Waals surface area (Å²) in [6, 6.07) is 9.17. The zero-order chi connectivity index (χ0) is 14.7. The number of aromatic amines is 1. The first kappa shape index (κ1) is 13.8. The molecule has 0 aliphatic heterocycles. The lowest BCUT2D eigenvalue weighted by atomic mass is 10.2. The molecule has 2 N–H and O–H groups in total. The van der Waals surface area contributed by atoms with E-state index in [1.807, 2.05) is 18.2 Å². The minimum atomic E-state index is -0.134. The highest BCUT2D eigenvalue weighted by Gasteiger charge is 2.09. The minimum absolute atomic E-state index is 0.134. The van der Waals surface area contributed by atoms with Crippen molar-refractivity contribution in [2.45, 2.75) is 6.42 Å². The average Bonchev–Trinajstić information content (AvgIpc) is 3.09. The van der Waals surface area contributed by atoms with Crippen LogP contribution in [0.4, 0.5) is 5.82 Å². The van der Waals surface area contributed by atoms with Gasteiger partial charge in [-0.25, -0.2) is 0 Å². The minimum Gasteiger partial charge on any atom is -0.309 e. The molecular formula is C14H11ClN4OS. The number of nitrogens with zero attached hydrogens (tertiary/aromatic N) is 2. The Morgan fingerprint density at radius 2 is 2.29 bits per heavy atom. The first-order valence-electron chi connectivity index (χ1n) is 6.20. The van der Waals surface area contributed by atoms with Gasteiger partial charge in [0.25, 0.3) is 0 Å². The largest absolute Gasteiger partial charge is 0.309 e. The number of anilines is 1. The molecule has 0 unspecified atom stereocenters. The van der Waals surface area contributed by atoms with Crippen molar-refractivity contribution in [3.63, 3.8) is 0 Å². The number of H-pyrrole nitrogens is 1. The standard InChI is InChI=1S/C14H11ClN4OS/c15-12-4-3-11(21-12)10-7-13(19-18-10)17-14(20)6-9-2-1-5-16-8-9/h1-5,7-8H,6H2,(H2,17,18,19,20). The SMILES string of the molecule is O=C(Cc1cccnc1)Nc1cc(-c2ccc(Cl)s2)[nH]n1. The Labute approximate surface area is 130 Å². The van der Waals surface area contributed by atoms with Crippen molar-refractivity contribution in [2.75, 3.05) is 5.32 Å². The van der Waals surface area contributed by atoms with Gasteiger partial charge in [0, 0.05) is 18.5 Å². The van der Waals surface area contributed by atoms with Crippen LogP contribution in [0.25, 0.3) is 10.6 Å². The Bertz CT molecular complexity index is 753. The molecule has 1 amide bonds. The molecular weight excluding hydrogens is 308 g/mol. The molecule has 3 heterocycles. The highest BCUT2D eigenvalue weighted by atomic mass is 35.5. The van der Waals surface area contributed by atoms with E-state index in [4.69, 9.17) is 11.6 Å². The third-order valence-corrected chi connectivity index (χ3v) is 4.04. The average molecular weight is 319 g/mol. The summed E-state index contributed by atoms with van der Waals surface area (Å²) in [6.07, 6.45) is 3.61. The lowest BCUT2D eigenvalue weighted by molar-refractivity contribution is -0.115. The van der Waals surface area contributed by atoms with Gasteiger partial charge in [0.15, 0.2) is 5.82 Å². The number of aromatic nitrogens is 3. The van der Waals surface area contributed by atoms with Crippen LogP contribution < -0.4 is 5.32 Å². The fourth-order valence-corrected chi connectivity index (χ4v) is 2.86. The summed E-state index contributed by atoms with van der Waals surface area (Å²) < 4.78 is 0.710. The Morgan fingerprint density at radius 3 is 3.00 bits per heavy atom. The molecule has 7 heteroatoms. The second-order valence-electron chi connectivity index (χ2n) is 4.36. The molecule has 21 heavy (non-hydrogen) atoms. The van der Waals surface area contributed by atoms with E-state index < -0.39 is 0 Å². The highest BCUT2D eigenvalue weighted by molar-refractivity contribution is 7.19. The molecule has 106 valence electrons. The Kier molecular flexibility index (Phi) is 3.98. The van der Waals surface area contributed by atoms with E-state index in [-0.39, 0.29) is 12.3 Å². The first-order valence-corrected chi connectivity index (χ1v) is 7.40. The molecule has 0 aliphatic carbocycles. The van der Waals surface area contributed by atoms with Crippen molar-refractivity contribution in [1.82, 2.24) is 15.2 Å². The topological polar surface area (TPSA) is 70.7 Å². The Balaban J connectivity index is 1.66. The molecule has 0 fully saturated rings. The van der Waals surface area contributed by atoms with Crippen LogP contribution in [0.3, 0.4) is 0 Å². The van der Waals surface area contributed by atoms with Gasteiger partial charge in [0.2, 0.25) is 5.91 Å². The number of rotatable bonds is 4. The molecule has 0 saturated heterocycles. The van der Waals surface area contributed by atoms with Crippen molar-refractivity contribution in [1.29, 1.82) is 0 Å². The fraction of sp³-hybridized carbons (Fsp3) is 0.0714. The first-order chi connectivity index (χ1) is 10.2. The number of amides is 1. The van der Waals surface area contributed by atoms with Gasteiger partial charge in [0.05, 0.1) is 21.3 Å². The van der Waals surface area contributed by atoms with Gasteiger partial charge in [-0.05, 0) is 23.8 Å². The summed E-state index contributed by atoms with van der Waals surface area (Å²) in [5, 5.41) is 9.70. The van der Waals surface area contributed by atoms with Gasteiger partial charge in [-0.3, -0.25) is 14.9 Å². The number of hydrogen-bond acceptors (Lipinski definition) is 4. The number of halogens is 1. The van der Waals surface area contributed by atoms with E-state index in [1.165, 1.54) is 11.3 Å². The molecule has 3 aromatic heterocycles. The third kappa shape index (κ3) is 3.48. The summed E-state index contributed by atoms with van der Waals surface area (Å²) in [4.78, 5) is 16.9. The molecule has 3 aromatic rings. The molecule has 0 aromatic carbocycles. The van der Waals surface area contributed by atoms with Crippen molar-refractivity contribution in [3.8, 4) is 10.6 Å². The van der Waals surface area contributed by atoms with Crippen molar-refractivity contribution < 1.29 is 4.79 Å². The maximum atomic E-state index is 11.9. The maximum Gasteiger partial charge on any atom is 0.230 e. The second-order valence-corrected chi connectivity index (χ2v) is 6.07. The van der Waals surface area contributed by atoms with Gasteiger partial charge >= 0.3 is 0 Å². The van der Waals surface area contributed by atoms with Gasteiger partial charge in [-0.15, -0.1) is 11.3 Å². The van der Waals surface area contributed by atoms with E-state index >= 15 is 0 Å². The Morgan fingerprint density at radius 1 is 1.38 bits per heavy atom. The second kappa shape index (κ2) is 6.07. The van der Waals surface area contributed by atoms with E-state index in [0.717, 1.165) is 16.1 Å². The van der Waals surface area contributed by atoms with Crippen molar-refractivity contribution >= 4 is 34.7 Å². The van der Waals surface area contributed by atoms with Crippen LogP contribution in [0.15, 0.2) is 42.7 Å². The van der Waals surface area contributed by atoms with E-state index in [1.54, 1.807) is 24.5 Å². The fourth-order valence-electron chi connectivity index (χ4n) is 1.85. The molecule has 0 aliphatic rings. The van der Waals surface area contributed by atoms with Crippen LogP contribution in [0.1, 0.15) is 5.56 Å². The molecule has 0 spiro atoms. The Hall–Kier alpha value is -2.18. The van der Waals surface area contributed by atoms with E-state index in [9.17, 15) is 4.79 Å². The van der Waals surface area contributed by atoms with E-state index in [2.05, 4.69) is 20.5 Å². The summed E-state index contributed by atoms with van der Waals surface area (Å²) in [5.74, 6) is 0.355. The normalized spacial score (nSPS) is 10.5. The van der Waals surface area contributed by atoms with Crippen LogP contribution in [0.5, 0.6) is 0 Å². The van der Waals surface area contributed by atoms with E-state index in [0.29, 0.717) is 10.2 Å². The monoisotopic (exact) mass is 318 g/mol. The quantitative estimate of drug-likeness (QED) is 0.774. The predicted molar refractivity (Wildman–Crippen MR) is 83.5 cm³/mol. The molecule has 0 saturated carbocycles. The molecule has 0 radical (unpaired) electrons. The summed E-state index contributed by atoms with van der Waals surface area (Å²) in [6.45, 7) is 0. The van der Waals surface area contributed by atoms with Gasteiger partial charge in [-0.1, -0.05) is 17.7 Å². The lowest BCUT2D eigenvalue weighted by Gasteiger charge is -2.00. The number of hydrogen-bond donors (Lipinski definition) is 2. The number of pyridine rings is 1. The van der Waals surface area contributed by atoms with Crippen LogP contribution in [0, 0.1) is 0 Å². The number of carbonyl (C=O) groups is 1. The lowest BCUT2D eigenvalue weighted by Crippen LogP contribution is -2.14. The smallest absolute Gasteiger partial charge is 0.230 e. The number of thiophene rings is 1.